The smallest absolute Gasteiger partial charge is 0.417 e. The van der Waals surface area contributed by atoms with E-state index in [9.17, 15) is 13.2 Å². The fourth-order valence-corrected chi connectivity index (χ4v) is 8.82. The van der Waals surface area contributed by atoms with E-state index in [0.29, 0.717) is 46.0 Å². The van der Waals surface area contributed by atoms with Crippen molar-refractivity contribution < 1.29 is 44.9 Å². The number of benzene rings is 2. The summed E-state index contributed by atoms with van der Waals surface area (Å²) >= 11 is 0. The molecule has 1 saturated carbocycles. The molecule has 54 heavy (non-hydrogen) atoms. The Hall–Kier alpha value is -3.80. The zero-order valence-electron chi connectivity index (χ0n) is 30.2. The number of H-pyrrole nitrogens is 1. The van der Waals surface area contributed by atoms with Crippen molar-refractivity contribution in [3.8, 4) is 17.1 Å². The average molecular weight is 766 g/mol. The monoisotopic (exact) mass is 765 g/mol. The van der Waals surface area contributed by atoms with Crippen LogP contribution in [0.3, 0.4) is 0 Å². The quantitative estimate of drug-likeness (QED) is 0.124. The number of hydrogen-bond donors (Lipinski definition) is 2. The summed E-state index contributed by atoms with van der Waals surface area (Å²) in [5.74, 6) is -5.35. The van der Waals surface area contributed by atoms with Gasteiger partial charge >= 0.3 is 12.2 Å². The van der Waals surface area contributed by atoms with Gasteiger partial charge in [0.2, 0.25) is 0 Å². The average Bonchev–Trinajstić information content (AvgIpc) is 3.56. The summed E-state index contributed by atoms with van der Waals surface area (Å²) in [6.45, 7) is 6.20. The highest BCUT2D eigenvalue weighted by Gasteiger charge is 2.72. The predicted molar refractivity (Wildman–Crippen MR) is 186 cm³/mol. The Labute approximate surface area is 306 Å². The minimum atomic E-state index is -4.98. The minimum absolute atomic E-state index is 0.0465. The lowest BCUT2D eigenvalue weighted by Gasteiger charge is -2.40. The molecule has 2 aromatic carbocycles. The van der Waals surface area contributed by atoms with Crippen LogP contribution in [0, 0.1) is 29.9 Å². The first-order chi connectivity index (χ1) is 25.6. The third-order valence-corrected chi connectivity index (χ3v) is 11.6. The minimum Gasteiger partial charge on any atom is -0.463 e. The Kier molecular flexibility index (Phi) is 9.25. The van der Waals surface area contributed by atoms with Gasteiger partial charge in [-0.2, -0.15) is 28.2 Å². The summed E-state index contributed by atoms with van der Waals surface area (Å²) in [6.07, 6.45) is -1.83. The van der Waals surface area contributed by atoms with Crippen LogP contribution in [0.2, 0.25) is 0 Å². The van der Waals surface area contributed by atoms with Crippen molar-refractivity contribution >= 4 is 27.6 Å². The number of aromatic nitrogens is 4. The standard InChI is InChI=1S/C37H42F7N7O3/c1-20-10-26-24(12-45-49-26)27(29(20)37(42,43)44)28-25(38)11-23-31(30(28)39)46-33(47-32(23)51-14-22-4-6-34(2,17-51)48-22)54-19-35(16-36(35,40)41)18-50-7-5-21(13-50)15-53-9-8-52-3/h10-12,21-22,48H,4-9,13-19H2,1-3H3,(H,45,49)/t21?,22?,34-,35+/m0/s1. The molecule has 4 atom stereocenters. The van der Waals surface area contributed by atoms with E-state index in [1.54, 1.807) is 7.11 Å². The van der Waals surface area contributed by atoms with Crippen molar-refractivity contribution in [1.29, 1.82) is 0 Å². The maximum absolute atomic E-state index is 17.0. The van der Waals surface area contributed by atoms with Crippen LogP contribution in [-0.4, -0.2) is 109 Å². The van der Waals surface area contributed by atoms with E-state index >= 15 is 17.6 Å². The molecule has 3 aliphatic heterocycles. The molecule has 5 heterocycles. The second kappa shape index (κ2) is 13.4. The van der Waals surface area contributed by atoms with Crippen molar-refractivity contribution in [2.45, 2.75) is 63.2 Å². The molecule has 1 aliphatic carbocycles. The summed E-state index contributed by atoms with van der Waals surface area (Å²) < 4.78 is 124. The Balaban J connectivity index is 1.17. The number of aryl methyl sites for hydroxylation is 1. The first-order valence-corrected chi connectivity index (χ1v) is 18.2. The third-order valence-electron chi connectivity index (χ3n) is 11.6. The number of nitrogens with zero attached hydrogens (tertiary/aromatic N) is 5. The topological polar surface area (TPSA) is 101 Å². The molecule has 0 spiro atoms. The number of alkyl halides is 5. The van der Waals surface area contributed by atoms with Gasteiger partial charge in [0.15, 0.2) is 5.82 Å². The number of anilines is 1. The molecule has 8 rings (SSSR count). The summed E-state index contributed by atoms with van der Waals surface area (Å²) in [5.41, 5.74) is -5.35. The second-order valence-electron chi connectivity index (χ2n) is 15.8. The van der Waals surface area contributed by atoms with Gasteiger partial charge in [0.1, 0.15) is 23.8 Å². The van der Waals surface area contributed by atoms with Crippen LogP contribution in [0.4, 0.5) is 36.6 Å². The zero-order valence-corrected chi connectivity index (χ0v) is 30.2. The normalized spacial score (nSPS) is 26.7. The predicted octanol–water partition coefficient (Wildman–Crippen LogP) is 6.50. The fraction of sp³-hybridized carbons (Fsp3) is 0.595. The first kappa shape index (κ1) is 37.1. The largest absolute Gasteiger partial charge is 0.463 e. The van der Waals surface area contributed by atoms with Crippen molar-refractivity contribution in [3.63, 3.8) is 0 Å². The van der Waals surface area contributed by atoms with Crippen molar-refractivity contribution in [3.05, 3.63) is 41.1 Å². The molecule has 4 aromatic rings. The Morgan fingerprint density at radius 3 is 2.56 bits per heavy atom. The van der Waals surface area contributed by atoms with Crippen LogP contribution in [0.15, 0.2) is 18.3 Å². The van der Waals surface area contributed by atoms with E-state index in [1.807, 2.05) is 16.7 Å². The molecular formula is C37H42F7N7O3. The van der Waals surface area contributed by atoms with Crippen molar-refractivity contribution in [1.82, 2.24) is 30.4 Å². The van der Waals surface area contributed by atoms with E-state index in [0.717, 1.165) is 31.5 Å². The Morgan fingerprint density at radius 2 is 1.83 bits per heavy atom. The van der Waals surface area contributed by atoms with Crippen molar-refractivity contribution in [2.24, 2.45) is 11.3 Å². The second-order valence-corrected chi connectivity index (χ2v) is 15.8. The van der Waals surface area contributed by atoms with Gasteiger partial charge in [-0.3, -0.25) is 5.10 Å². The summed E-state index contributed by atoms with van der Waals surface area (Å²) in [5, 5.41) is 9.79. The van der Waals surface area contributed by atoms with Gasteiger partial charge in [-0.15, -0.1) is 0 Å². The van der Waals surface area contributed by atoms with Crippen LogP contribution in [0.1, 0.15) is 43.7 Å². The molecule has 2 aromatic heterocycles. The molecule has 4 fully saturated rings. The molecule has 292 valence electrons. The van der Waals surface area contributed by atoms with Gasteiger partial charge in [0.05, 0.1) is 48.1 Å². The number of hydrogen-bond acceptors (Lipinski definition) is 9. The summed E-state index contributed by atoms with van der Waals surface area (Å²) in [7, 11) is 1.58. The molecule has 2 N–H and O–H groups in total. The number of fused-ring (bicyclic) bond motifs is 4. The van der Waals surface area contributed by atoms with Gasteiger partial charge in [0.25, 0.3) is 5.92 Å². The third kappa shape index (κ3) is 6.64. The van der Waals surface area contributed by atoms with E-state index in [1.165, 1.54) is 13.0 Å². The lowest BCUT2D eigenvalue weighted by atomic mass is 9.90. The van der Waals surface area contributed by atoms with E-state index in [2.05, 4.69) is 25.5 Å². The number of likely N-dealkylation sites (tertiary alicyclic amines) is 1. The maximum atomic E-state index is 17.0. The molecule has 4 aliphatic rings. The zero-order chi connectivity index (χ0) is 38.2. The highest BCUT2D eigenvalue weighted by atomic mass is 19.4. The Bertz CT molecular complexity index is 2080. The van der Waals surface area contributed by atoms with Crippen LogP contribution < -0.4 is 15.0 Å². The van der Waals surface area contributed by atoms with Crippen LogP contribution >= 0.6 is 0 Å². The highest BCUT2D eigenvalue weighted by Crippen LogP contribution is 2.61. The lowest BCUT2D eigenvalue weighted by Crippen LogP contribution is -2.58. The van der Waals surface area contributed by atoms with Gasteiger partial charge in [-0.25, -0.2) is 17.6 Å². The van der Waals surface area contributed by atoms with Gasteiger partial charge in [-0.1, -0.05) is 0 Å². The molecule has 3 saturated heterocycles. The molecule has 2 unspecified atom stereocenters. The summed E-state index contributed by atoms with van der Waals surface area (Å²) in [4.78, 5) is 12.7. The number of rotatable bonds is 12. The SMILES string of the molecule is COCCOCC1CCN(C[C@@]2(COc3nc(N4CC5CC[C@@](C)(C4)N5)c4cc(F)c(-c5c(C(F)(F)F)c(C)cc6[nH]ncc56)c(F)c4n3)CC2(F)F)C1. The van der Waals surface area contributed by atoms with Crippen molar-refractivity contribution in [2.75, 3.05) is 71.2 Å². The van der Waals surface area contributed by atoms with Crippen LogP contribution in [0.25, 0.3) is 32.9 Å². The van der Waals surface area contributed by atoms with Gasteiger partial charge in [0, 0.05) is 67.6 Å². The van der Waals surface area contributed by atoms with E-state index in [-0.39, 0.29) is 51.7 Å². The number of halogens is 7. The lowest BCUT2D eigenvalue weighted by molar-refractivity contribution is -0.137. The molecule has 17 heteroatoms. The van der Waals surface area contributed by atoms with Crippen LogP contribution in [0.5, 0.6) is 6.01 Å². The summed E-state index contributed by atoms with van der Waals surface area (Å²) in [6, 6.07) is 1.80. The Morgan fingerprint density at radius 1 is 1.04 bits per heavy atom. The van der Waals surface area contributed by atoms with Crippen LogP contribution in [-0.2, 0) is 15.7 Å². The molecule has 2 bridgehead atoms. The molecule has 10 nitrogen and oxygen atoms in total. The first-order valence-electron chi connectivity index (χ1n) is 18.2. The number of piperazine rings is 1. The fourth-order valence-electron chi connectivity index (χ4n) is 8.82. The number of nitrogens with one attached hydrogen (secondary N) is 2. The van der Waals surface area contributed by atoms with Gasteiger partial charge in [-0.05, 0) is 63.3 Å². The number of aromatic amines is 1. The maximum Gasteiger partial charge on any atom is 0.417 e. The van der Waals surface area contributed by atoms with E-state index < -0.39 is 70.4 Å². The van der Waals surface area contributed by atoms with E-state index in [4.69, 9.17) is 14.2 Å². The highest BCUT2D eigenvalue weighted by molar-refractivity contribution is 6.01. The number of ether oxygens (including phenoxy) is 3. The molecule has 0 radical (unpaired) electrons. The molecular weight excluding hydrogens is 723 g/mol. The molecule has 0 amide bonds. The van der Waals surface area contributed by atoms with Gasteiger partial charge < -0.3 is 29.3 Å². The number of methoxy groups -OCH3 is 1.